The maximum absolute atomic E-state index is 10.4. The van der Waals surface area contributed by atoms with Crippen LogP contribution in [0.3, 0.4) is 0 Å². The minimum Gasteiger partial charge on any atom is -0.480 e. The Labute approximate surface area is 149 Å². The van der Waals surface area contributed by atoms with Gasteiger partial charge in [-0.15, -0.1) is 23.6 Å². The molecule has 0 unspecified atom stereocenters. The third kappa shape index (κ3) is 8.58. The number of aliphatic hydroxyl groups excluding tert-OH is 1. The van der Waals surface area contributed by atoms with Crippen molar-refractivity contribution in [3.05, 3.63) is 22.6 Å². The molecule has 0 aromatic carbocycles. The molecule has 1 rings (SSSR count). The lowest BCUT2D eigenvalue weighted by Crippen LogP contribution is -2.08. The number of thioether (sulfide) groups is 1. The first-order chi connectivity index (χ1) is 11.5. The number of hydrogen-bond donors (Lipinski definition) is 2. The van der Waals surface area contributed by atoms with Gasteiger partial charge < -0.3 is 14.9 Å². The van der Waals surface area contributed by atoms with E-state index in [-0.39, 0.29) is 6.61 Å². The molecule has 1 aliphatic rings. The first-order valence-corrected chi connectivity index (χ1v) is 9.47. The topological polar surface area (TPSA) is 66.8 Å². The van der Waals surface area contributed by atoms with E-state index in [0.717, 1.165) is 31.4 Å². The van der Waals surface area contributed by atoms with E-state index in [4.69, 9.17) is 9.84 Å². The SMILES string of the molecule is CCC#CC[C@H](O)/C=C/[C@H]1CCC(C)=C1SCCCOCC(=O)O. The van der Waals surface area contributed by atoms with Crippen LogP contribution in [0.1, 0.15) is 46.0 Å². The number of aliphatic carboxylic acids is 1. The highest BCUT2D eigenvalue weighted by Gasteiger charge is 2.21. The van der Waals surface area contributed by atoms with Crippen molar-refractivity contribution in [3.8, 4) is 11.8 Å². The molecular formula is C19H28O4S. The van der Waals surface area contributed by atoms with Crippen molar-refractivity contribution in [1.29, 1.82) is 0 Å². The van der Waals surface area contributed by atoms with Gasteiger partial charge in [-0.05, 0) is 36.8 Å². The summed E-state index contributed by atoms with van der Waals surface area (Å²) in [7, 11) is 0. The zero-order chi connectivity index (χ0) is 17.8. The van der Waals surface area contributed by atoms with Crippen molar-refractivity contribution < 1.29 is 19.7 Å². The van der Waals surface area contributed by atoms with E-state index in [1.54, 1.807) is 0 Å². The molecule has 0 spiro atoms. The quantitative estimate of drug-likeness (QED) is 0.357. The number of hydrogen-bond acceptors (Lipinski definition) is 4. The molecule has 2 atom stereocenters. The average molecular weight is 352 g/mol. The Hall–Kier alpha value is -1.22. The molecule has 1 aliphatic carbocycles. The number of allylic oxidation sites excluding steroid dienone is 3. The van der Waals surface area contributed by atoms with Crippen LogP contribution in [-0.2, 0) is 9.53 Å². The predicted octanol–water partition coefficient (Wildman–Crippen LogP) is 3.62. The Balaban J connectivity index is 2.36. The normalized spacial score (nSPS) is 18.7. The molecule has 0 aromatic rings. The Bertz CT molecular complexity index is 513. The second-order valence-electron chi connectivity index (χ2n) is 5.80. The van der Waals surface area contributed by atoms with Gasteiger partial charge >= 0.3 is 5.97 Å². The number of carboxylic acids is 1. The first-order valence-electron chi connectivity index (χ1n) is 8.48. The van der Waals surface area contributed by atoms with Gasteiger partial charge in [-0.25, -0.2) is 4.79 Å². The van der Waals surface area contributed by atoms with Gasteiger partial charge in [-0.1, -0.05) is 24.6 Å². The summed E-state index contributed by atoms with van der Waals surface area (Å²) >= 11 is 1.82. The molecule has 134 valence electrons. The average Bonchev–Trinajstić information content (AvgIpc) is 2.89. The lowest BCUT2D eigenvalue weighted by Gasteiger charge is -2.12. The summed E-state index contributed by atoms with van der Waals surface area (Å²) in [6, 6.07) is 0. The van der Waals surface area contributed by atoms with Crippen molar-refractivity contribution in [3.63, 3.8) is 0 Å². The van der Waals surface area contributed by atoms with Gasteiger partial charge in [0, 0.05) is 25.4 Å². The van der Waals surface area contributed by atoms with Crippen molar-refractivity contribution in [1.82, 2.24) is 0 Å². The van der Waals surface area contributed by atoms with Gasteiger partial charge in [0.25, 0.3) is 0 Å². The van der Waals surface area contributed by atoms with Crippen LogP contribution in [-0.4, -0.2) is 41.3 Å². The van der Waals surface area contributed by atoms with Gasteiger partial charge in [0.05, 0.1) is 6.10 Å². The van der Waals surface area contributed by atoms with Crippen LogP contribution in [0, 0.1) is 17.8 Å². The third-order valence-corrected chi connectivity index (χ3v) is 5.14. The van der Waals surface area contributed by atoms with Crippen LogP contribution in [0.2, 0.25) is 0 Å². The lowest BCUT2D eigenvalue weighted by molar-refractivity contribution is -0.142. The number of aliphatic hydroxyl groups is 1. The summed E-state index contributed by atoms with van der Waals surface area (Å²) in [6.07, 6.45) is 7.80. The molecule has 24 heavy (non-hydrogen) atoms. The van der Waals surface area contributed by atoms with Crippen LogP contribution in [0.15, 0.2) is 22.6 Å². The van der Waals surface area contributed by atoms with Crippen LogP contribution in [0.5, 0.6) is 0 Å². The van der Waals surface area contributed by atoms with E-state index in [2.05, 4.69) is 24.8 Å². The number of ether oxygens (including phenoxy) is 1. The molecule has 2 N–H and O–H groups in total. The summed E-state index contributed by atoms with van der Waals surface area (Å²) in [6.45, 7) is 4.41. The maximum Gasteiger partial charge on any atom is 0.329 e. The molecule has 0 saturated heterocycles. The van der Waals surface area contributed by atoms with Crippen LogP contribution in [0.25, 0.3) is 0 Å². The molecule has 0 amide bonds. The fourth-order valence-electron chi connectivity index (χ4n) is 2.49. The van der Waals surface area contributed by atoms with Crippen molar-refractivity contribution in [2.75, 3.05) is 19.0 Å². The zero-order valence-electron chi connectivity index (χ0n) is 14.6. The van der Waals surface area contributed by atoms with Gasteiger partial charge in [0.1, 0.15) is 6.61 Å². The minimum absolute atomic E-state index is 0.226. The minimum atomic E-state index is -0.926. The highest BCUT2D eigenvalue weighted by Crippen LogP contribution is 2.40. The van der Waals surface area contributed by atoms with Crippen LogP contribution in [0.4, 0.5) is 0 Å². The first kappa shape index (κ1) is 20.8. The number of rotatable bonds is 10. The van der Waals surface area contributed by atoms with Crippen molar-refractivity contribution in [2.24, 2.45) is 5.92 Å². The molecule has 0 heterocycles. The molecule has 0 bridgehead atoms. The van der Waals surface area contributed by atoms with E-state index in [9.17, 15) is 9.90 Å². The summed E-state index contributed by atoms with van der Waals surface area (Å²) < 4.78 is 5.05. The van der Waals surface area contributed by atoms with E-state index in [1.807, 2.05) is 24.8 Å². The lowest BCUT2D eigenvalue weighted by atomic mass is 10.1. The second kappa shape index (κ2) is 12.2. The summed E-state index contributed by atoms with van der Waals surface area (Å²) in [4.78, 5) is 11.7. The number of carboxylic acid groups (broad SMARTS) is 1. The smallest absolute Gasteiger partial charge is 0.329 e. The molecule has 5 heteroatoms. The molecule has 4 nitrogen and oxygen atoms in total. The summed E-state index contributed by atoms with van der Waals surface area (Å²) in [5.74, 6) is 6.31. The van der Waals surface area contributed by atoms with E-state index in [1.165, 1.54) is 10.5 Å². The third-order valence-electron chi connectivity index (χ3n) is 3.68. The largest absolute Gasteiger partial charge is 0.480 e. The van der Waals surface area contributed by atoms with Gasteiger partial charge in [0.15, 0.2) is 0 Å². The van der Waals surface area contributed by atoms with Gasteiger partial charge in [0.2, 0.25) is 0 Å². The Morgan fingerprint density at radius 1 is 1.50 bits per heavy atom. The fourth-order valence-corrected chi connectivity index (χ4v) is 3.73. The summed E-state index contributed by atoms with van der Waals surface area (Å²) in [5.41, 5.74) is 1.42. The van der Waals surface area contributed by atoms with Crippen LogP contribution >= 0.6 is 11.8 Å². The van der Waals surface area contributed by atoms with Crippen LogP contribution < -0.4 is 0 Å². The molecular weight excluding hydrogens is 324 g/mol. The molecule has 0 radical (unpaired) electrons. The monoisotopic (exact) mass is 352 g/mol. The zero-order valence-corrected chi connectivity index (χ0v) is 15.4. The highest BCUT2D eigenvalue weighted by molar-refractivity contribution is 8.03. The van der Waals surface area contributed by atoms with Gasteiger partial charge in [-0.2, -0.15) is 0 Å². The summed E-state index contributed by atoms with van der Waals surface area (Å²) in [5, 5.41) is 18.4. The Kier molecular flexibility index (Phi) is 10.6. The van der Waals surface area contributed by atoms with E-state index < -0.39 is 12.1 Å². The molecule has 0 aliphatic heterocycles. The van der Waals surface area contributed by atoms with Crippen molar-refractivity contribution in [2.45, 2.75) is 52.1 Å². The Morgan fingerprint density at radius 2 is 2.29 bits per heavy atom. The second-order valence-corrected chi connectivity index (χ2v) is 6.94. The molecule has 0 fully saturated rings. The maximum atomic E-state index is 10.4. The predicted molar refractivity (Wildman–Crippen MR) is 98.8 cm³/mol. The van der Waals surface area contributed by atoms with Crippen molar-refractivity contribution >= 4 is 17.7 Å². The fraction of sp³-hybridized carbons (Fsp3) is 0.632. The van der Waals surface area contributed by atoms with E-state index >= 15 is 0 Å². The molecule has 0 saturated carbocycles. The molecule has 0 aromatic heterocycles. The van der Waals surface area contributed by atoms with E-state index in [0.29, 0.717) is 18.9 Å². The van der Waals surface area contributed by atoms with Gasteiger partial charge in [-0.3, -0.25) is 0 Å². The standard InChI is InChI=1S/C19H28O4S/c1-3-4-5-7-17(20)11-10-16-9-8-15(2)19(16)24-13-6-12-23-14-18(21)22/h10-11,16-17,20H,3,6-9,12-14H2,1-2H3,(H,21,22)/b11-10+/t16-,17+/m1/s1. The highest BCUT2D eigenvalue weighted by atomic mass is 32.2. The Morgan fingerprint density at radius 3 is 3.00 bits per heavy atom. The number of carbonyl (C=O) groups is 1.